The Kier molecular flexibility index (Phi) is 4.66. The van der Waals surface area contributed by atoms with Crippen molar-refractivity contribution in [1.29, 1.82) is 0 Å². The maximum absolute atomic E-state index is 11.5. The zero-order valence-electron chi connectivity index (χ0n) is 10.6. The van der Waals surface area contributed by atoms with Gasteiger partial charge in [-0.3, -0.25) is 9.59 Å². The van der Waals surface area contributed by atoms with Gasteiger partial charge in [-0.1, -0.05) is 6.07 Å². The maximum Gasteiger partial charge on any atom is 0.318 e. The summed E-state index contributed by atoms with van der Waals surface area (Å²) >= 11 is 0. The molecule has 104 valence electrons. The highest BCUT2D eigenvalue weighted by molar-refractivity contribution is 7.92. The van der Waals surface area contributed by atoms with Gasteiger partial charge in [0.25, 0.3) is 0 Å². The van der Waals surface area contributed by atoms with Crippen molar-refractivity contribution in [2.75, 3.05) is 16.8 Å². The Hall–Kier alpha value is -1.89. The quantitative estimate of drug-likeness (QED) is 0.831. The van der Waals surface area contributed by atoms with E-state index in [0.29, 0.717) is 5.69 Å². The molecule has 0 heterocycles. The van der Waals surface area contributed by atoms with Crippen molar-refractivity contribution in [2.45, 2.75) is 13.8 Å². The van der Waals surface area contributed by atoms with Crippen molar-refractivity contribution in [2.24, 2.45) is 0 Å². The zero-order chi connectivity index (χ0) is 14.6. The molecule has 19 heavy (non-hydrogen) atoms. The van der Waals surface area contributed by atoms with E-state index < -0.39 is 33.2 Å². The van der Waals surface area contributed by atoms with Gasteiger partial charge in [0.2, 0.25) is 5.91 Å². The van der Waals surface area contributed by atoms with Crippen LogP contribution in [0.25, 0.3) is 0 Å². The Balaban J connectivity index is 2.73. The molecule has 0 spiro atoms. The third kappa shape index (κ3) is 5.52. The van der Waals surface area contributed by atoms with E-state index in [4.69, 9.17) is 5.11 Å². The summed E-state index contributed by atoms with van der Waals surface area (Å²) in [7, 11) is -3.93. The lowest BCUT2D eigenvalue weighted by Crippen LogP contribution is -2.27. The SMILES string of the molecule is Cc1cc(C)cc(NC(=O)CS(=O)(=O)CC(=O)O)c1. The number of aliphatic carboxylic acids is 1. The van der Waals surface area contributed by atoms with Crippen molar-refractivity contribution >= 4 is 27.4 Å². The molecular formula is C12H15NO5S. The summed E-state index contributed by atoms with van der Waals surface area (Å²) in [5.41, 5.74) is 2.36. The Labute approximate surface area is 111 Å². The number of sulfone groups is 1. The first-order valence-corrected chi connectivity index (χ1v) is 7.30. The Morgan fingerprint density at radius 3 is 2.11 bits per heavy atom. The molecule has 1 amide bonds. The number of carbonyl (C=O) groups excluding carboxylic acids is 1. The first-order valence-electron chi connectivity index (χ1n) is 5.48. The number of amides is 1. The van der Waals surface area contributed by atoms with Gasteiger partial charge in [0, 0.05) is 5.69 Å². The fraction of sp³-hybridized carbons (Fsp3) is 0.333. The van der Waals surface area contributed by atoms with Gasteiger partial charge in [-0.25, -0.2) is 8.42 Å². The van der Waals surface area contributed by atoms with Crippen LogP contribution >= 0.6 is 0 Å². The largest absolute Gasteiger partial charge is 0.480 e. The van der Waals surface area contributed by atoms with Gasteiger partial charge in [0.15, 0.2) is 9.84 Å². The van der Waals surface area contributed by atoms with Gasteiger partial charge in [0.05, 0.1) is 0 Å². The Morgan fingerprint density at radius 1 is 1.11 bits per heavy atom. The summed E-state index contributed by atoms with van der Waals surface area (Å²) in [6, 6.07) is 5.32. The first kappa shape index (κ1) is 15.2. The van der Waals surface area contributed by atoms with Crippen LogP contribution in [0.4, 0.5) is 5.69 Å². The number of hydrogen-bond acceptors (Lipinski definition) is 4. The molecule has 0 saturated carbocycles. The van der Waals surface area contributed by atoms with E-state index in [9.17, 15) is 18.0 Å². The fourth-order valence-corrected chi connectivity index (χ4v) is 2.63. The second-order valence-corrected chi connectivity index (χ2v) is 6.42. The molecule has 0 unspecified atom stereocenters. The number of rotatable bonds is 5. The number of nitrogens with one attached hydrogen (secondary N) is 1. The summed E-state index contributed by atoms with van der Waals surface area (Å²) in [4.78, 5) is 21.9. The average molecular weight is 285 g/mol. The highest BCUT2D eigenvalue weighted by Gasteiger charge is 2.20. The molecule has 1 rings (SSSR count). The molecular weight excluding hydrogens is 270 g/mol. The minimum Gasteiger partial charge on any atom is -0.480 e. The molecule has 0 radical (unpaired) electrons. The minimum atomic E-state index is -3.93. The van der Waals surface area contributed by atoms with Crippen LogP contribution in [0.3, 0.4) is 0 Å². The number of carboxylic acids is 1. The van der Waals surface area contributed by atoms with Crippen molar-refractivity contribution < 1.29 is 23.1 Å². The topological polar surface area (TPSA) is 101 Å². The van der Waals surface area contributed by atoms with Crippen LogP contribution in [0.15, 0.2) is 18.2 Å². The molecule has 0 bridgehead atoms. The van der Waals surface area contributed by atoms with E-state index in [2.05, 4.69) is 5.32 Å². The van der Waals surface area contributed by atoms with Gasteiger partial charge in [0.1, 0.15) is 11.5 Å². The van der Waals surface area contributed by atoms with E-state index in [-0.39, 0.29) is 0 Å². The predicted molar refractivity (Wildman–Crippen MR) is 70.8 cm³/mol. The lowest BCUT2D eigenvalue weighted by molar-refractivity contribution is -0.134. The van der Waals surface area contributed by atoms with Crippen LogP contribution in [0, 0.1) is 13.8 Å². The van der Waals surface area contributed by atoms with E-state index >= 15 is 0 Å². The van der Waals surface area contributed by atoms with Gasteiger partial charge in [-0.15, -0.1) is 0 Å². The number of carboxylic acid groups (broad SMARTS) is 1. The van der Waals surface area contributed by atoms with Crippen molar-refractivity contribution in [3.8, 4) is 0 Å². The first-order chi connectivity index (χ1) is 8.68. The molecule has 0 aliphatic heterocycles. The van der Waals surface area contributed by atoms with Gasteiger partial charge < -0.3 is 10.4 Å². The third-order valence-corrected chi connectivity index (χ3v) is 3.59. The van der Waals surface area contributed by atoms with E-state index in [0.717, 1.165) is 11.1 Å². The molecule has 7 heteroatoms. The summed E-state index contributed by atoms with van der Waals surface area (Å²) in [6.07, 6.45) is 0. The van der Waals surface area contributed by atoms with E-state index in [1.165, 1.54) is 0 Å². The second-order valence-electron chi connectivity index (χ2n) is 4.35. The molecule has 0 aliphatic carbocycles. The van der Waals surface area contributed by atoms with Crippen LogP contribution in [0.2, 0.25) is 0 Å². The van der Waals surface area contributed by atoms with Crippen LogP contribution < -0.4 is 5.32 Å². The van der Waals surface area contributed by atoms with Crippen LogP contribution in [0.1, 0.15) is 11.1 Å². The van der Waals surface area contributed by atoms with E-state index in [1.54, 1.807) is 12.1 Å². The smallest absolute Gasteiger partial charge is 0.318 e. The molecule has 0 saturated heterocycles. The second kappa shape index (κ2) is 5.83. The molecule has 0 aromatic heterocycles. The van der Waals surface area contributed by atoms with E-state index in [1.807, 2.05) is 19.9 Å². The van der Waals surface area contributed by atoms with Crippen molar-refractivity contribution in [3.63, 3.8) is 0 Å². The standard InChI is InChI=1S/C12H15NO5S/c1-8-3-9(2)5-10(4-8)13-11(14)6-19(17,18)7-12(15)16/h3-5H,6-7H2,1-2H3,(H,13,14)(H,15,16). The number of carbonyl (C=O) groups is 2. The number of benzene rings is 1. The van der Waals surface area contributed by atoms with Crippen LogP contribution in [-0.2, 0) is 19.4 Å². The maximum atomic E-state index is 11.5. The summed E-state index contributed by atoms with van der Waals surface area (Å²) in [5.74, 6) is -4.11. The monoisotopic (exact) mass is 285 g/mol. The number of anilines is 1. The molecule has 0 atom stereocenters. The Morgan fingerprint density at radius 2 is 1.63 bits per heavy atom. The van der Waals surface area contributed by atoms with Crippen molar-refractivity contribution in [3.05, 3.63) is 29.3 Å². The average Bonchev–Trinajstić information content (AvgIpc) is 2.10. The third-order valence-electron chi connectivity index (χ3n) is 2.20. The Bertz CT molecular complexity index is 586. The number of aryl methyl sites for hydroxylation is 2. The lowest BCUT2D eigenvalue weighted by Gasteiger charge is -2.07. The van der Waals surface area contributed by atoms with Gasteiger partial charge >= 0.3 is 5.97 Å². The van der Waals surface area contributed by atoms with Gasteiger partial charge in [-0.2, -0.15) is 0 Å². The fourth-order valence-electron chi connectivity index (χ4n) is 1.68. The highest BCUT2D eigenvalue weighted by Crippen LogP contribution is 2.13. The summed E-state index contributed by atoms with van der Waals surface area (Å²) in [5, 5.41) is 10.9. The highest BCUT2D eigenvalue weighted by atomic mass is 32.2. The molecule has 1 aromatic rings. The molecule has 2 N–H and O–H groups in total. The minimum absolute atomic E-state index is 0.494. The zero-order valence-corrected chi connectivity index (χ0v) is 11.5. The van der Waals surface area contributed by atoms with Gasteiger partial charge in [-0.05, 0) is 37.1 Å². The number of hydrogen-bond donors (Lipinski definition) is 2. The van der Waals surface area contributed by atoms with Crippen LogP contribution in [-0.4, -0.2) is 36.9 Å². The summed E-state index contributed by atoms with van der Waals surface area (Å²) < 4.78 is 22.7. The predicted octanol–water partition coefficient (Wildman–Crippen LogP) is 0.741. The molecule has 0 fully saturated rings. The lowest BCUT2D eigenvalue weighted by atomic mass is 10.1. The van der Waals surface area contributed by atoms with Crippen LogP contribution in [0.5, 0.6) is 0 Å². The van der Waals surface area contributed by atoms with Crippen molar-refractivity contribution in [1.82, 2.24) is 0 Å². The molecule has 0 aliphatic rings. The summed E-state index contributed by atoms with van der Waals surface area (Å²) in [6.45, 7) is 3.70. The molecule has 1 aromatic carbocycles. The normalized spacial score (nSPS) is 11.1. The molecule has 6 nitrogen and oxygen atoms in total.